The predicted molar refractivity (Wildman–Crippen MR) is 83.3 cm³/mol. The molecule has 1 aromatic carbocycles. The molecule has 0 fully saturated rings. The maximum absolute atomic E-state index is 2.49. The van der Waals surface area contributed by atoms with Gasteiger partial charge in [-0.3, -0.25) is 0 Å². The first-order valence-corrected chi connectivity index (χ1v) is 17.7. The fourth-order valence-corrected chi connectivity index (χ4v) is 12.4. The van der Waals surface area contributed by atoms with Crippen molar-refractivity contribution in [2.24, 2.45) is 0 Å². The van der Waals surface area contributed by atoms with Crippen molar-refractivity contribution in [2.45, 2.75) is 25.5 Å². The molecule has 3 heteroatoms. The number of hydrogen-bond acceptors (Lipinski definition) is 2. The zero-order valence-corrected chi connectivity index (χ0v) is 15.1. The van der Waals surface area contributed by atoms with E-state index in [4.69, 9.17) is 0 Å². The van der Waals surface area contributed by atoms with Gasteiger partial charge in [-0.1, -0.05) is 0 Å². The van der Waals surface area contributed by atoms with Crippen molar-refractivity contribution >= 4 is 44.4 Å². The van der Waals surface area contributed by atoms with Gasteiger partial charge in [-0.25, -0.2) is 0 Å². The summed E-state index contributed by atoms with van der Waals surface area (Å²) in [7, 11) is 0. The fourth-order valence-electron chi connectivity index (χ4n) is 1.69. The van der Waals surface area contributed by atoms with Gasteiger partial charge in [0.1, 0.15) is 0 Å². The van der Waals surface area contributed by atoms with Gasteiger partial charge < -0.3 is 0 Å². The molecule has 2 aromatic rings. The van der Waals surface area contributed by atoms with E-state index in [0.717, 1.165) is 5.75 Å². The number of hydrogen-bond donors (Lipinski definition) is 0. The first kappa shape index (κ1) is 13.5. The third-order valence-corrected chi connectivity index (χ3v) is 14.8. The molecule has 0 aliphatic rings. The SMILES string of the molecule is [CH3][Sn]([CH3])([CH3])[c]1sccc1SCc1ccccc1. The second-order valence-corrected chi connectivity index (χ2v) is 22.4. The Balaban J connectivity index is 2.08. The topological polar surface area (TPSA) is 0 Å². The molecular weight excluding hydrogens is 351 g/mol. The molecule has 90 valence electrons. The zero-order valence-electron chi connectivity index (χ0n) is 10.6. The molecule has 1 heterocycles. The molecule has 0 amide bonds. The van der Waals surface area contributed by atoms with E-state index in [1.54, 1.807) is 2.89 Å². The van der Waals surface area contributed by atoms with Crippen molar-refractivity contribution in [3.8, 4) is 0 Å². The minimum atomic E-state index is -1.89. The Morgan fingerprint density at radius 2 is 1.76 bits per heavy atom. The molecule has 0 bridgehead atoms. The van der Waals surface area contributed by atoms with E-state index >= 15 is 0 Å². The Kier molecular flexibility index (Phi) is 4.61. The quantitative estimate of drug-likeness (QED) is 0.562. The molecule has 17 heavy (non-hydrogen) atoms. The molecule has 0 saturated carbocycles. The Bertz CT molecular complexity index is 468. The number of thiophene rings is 1. The summed E-state index contributed by atoms with van der Waals surface area (Å²) in [4.78, 5) is 9.01. The van der Waals surface area contributed by atoms with Gasteiger partial charge in [-0.05, 0) is 0 Å². The van der Waals surface area contributed by atoms with E-state index in [-0.39, 0.29) is 0 Å². The number of thioether (sulfide) groups is 1. The van der Waals surface area contributed by atoms with Crippen LogP contribution in [-0.2, 0) is 5.75 Å². The van der Waals surface area contributed by atoms with E-state index in [1.165, 1.54) is 10.5 Å². The Hall–Kier alpha value is 0.0687. The van der Waals surface area contributed by atoms with Gasteiger partial charge in [-0.2, -0.15) is 0 Å². The predicted octanol–water partition coefficient (Wildman–Crippen LogP) is 4.59. The van der Waals surface area contributed by atoms with E-state index < -0.39 is 18.4 Å². The van der Waals surface area contributed by atoms with Crippen molar-refractivity contribution < 1.29 is 0 Å². The third kappa shape index (κ3) is 3.76. The maximum atomic E-state index is 2.49. The van der Waals surface area contributed by atoms with Crippen LogP contribution in [-0.4, -0.2) is 18.4 Å². The first-order valence-electron chi connectivity index (χ1n) is 5.82. The fraction of sp³-hybridized carbons (Fsp3) is 0.286. The van der Waals surface area contributed by atoms with Crippen LogP contribution in [0.1, 0.15) is 5.56 Å². The van der Waals surface area contributed by atoms with E-state index in [2.05, 4.69) is 56.6 Å². The van der Waals surface area contributed by atoms with E-state index in [1.807, 2.05) is 23.1 Å². The third-order valence-electron chi connectivity index (χ3n) is 2.55. The van der Waals surface area contributed by atoms with Gasteiger partial charge in [0, 0.05) is 0 Å². The first-order chi connectivity index (χ1) is 8.07. The molecule has 2 rings (SSSR count). The second-order valence-electron chi connectivity index (χ2n) is 5.14. The van der Waals surface area contributed by atoms with Crippen molar-refractivity contribution in [1.82, 2.24) is 0 Å². The van der Waals surface area contributed by atoms with Crippen molar-refractivity contribution in [2.75, 3.05) is 0 Å². The van der Waals surface area contributed by atoms with Gasteiger partial charge in [0.05, 0.1) is 0 Å². The summed E-state index contributed by atoms with van der Waals surface area (Å²) in [5.74, 6) is 1.09. The summed E-state index contributed by atoms with van der Waals surface area (Å²) in [6, 6.07) is 13.0. The van der Waals surface area contributed by atoms with Crippen LogP contribution in [0.3, 0.4) is 0 Å². The van der Waals surface area contributed by atoms with Crippen LogP contribution < -0.4 is 2.89 Å². The normalized spacial score (nSPS) is 11.7. The van der Waals surface area contributed by atoms with Crippen LogP contribution in [0.4, 0.5) is 0 Å². The monoisotopic (exact) mass is 370 g/mol. The summed E-state index contributed by atoms with van der Waals surface area (Å²) in [5.41, 5.74) is 1.42. The van der Waals surface area contributed by atoms with E-state index in [9.17, 15) is 0 Å². The molecule has 1 aromatic heterocycles. The van der Waals surface area contributed by atoms with Crippen molar-refractivity contribution in [3.05, 3.63) is 47.3 Å². The van der Waals surface area contributed by atoms with Crippen molar-refractivity contribution in [1.29, 1.82) is 0 Å². The van der Waals surface area contributed by atoms with Gasteiger partial charge in [0.2, 0.25) is 0 Å². The average molecular weight is 369 g/mol. The molecular formula is C14H18S2Sn. The van der Waals surface area contributed by atoms with Gasteiger partial charge in [0.25, 0.3) is 0 Å². The van der Waals surface area contributed by atoms with Gasteiger partial charge in [0.15, 0.2) is 0 Å². The van der Waals surface area contributed by atoms with Crippen LogP contribution >= 0.6 is 23.1 Å². The van der Waals surface area contributed by atoms with Crippen LogP contribution in [0.5, 0.6) is 0 Å². The van der Waals surface area contributed by atoms with Crippen LogP contribution in [0.25, 0.3) is 0 Å². The zero-order chi connectivity index (χ0) is 12.3. The Morgan fingerprint density at radius 1 is 1.06 bits per heavy atom. The molecule has 0 saturated heterocycles. The standard InChI is InChI=1S/C11H9S2.3CH3.Sn/c1-2-4-10(5-3-1)8-13-11-6-7-12-9-11;;;;/h1-7H,8H2;3*1H3;. The molecule has 0 unspecified atom stereocenters. The summed E-state index contributed by atoms with van der Waals surface area (Å²) in [6.45, 7) is 0. The Morgan fingerprint density at radius 3 is 2.41 bits per heavy atom. The van der Waals surface area contributed by atoms with Crippen LogP contribution in [0, 0.1) is 0 Å². The minimum absolute atomic E-state index is 1.09. The van der Waals surface area contributed by atoms with Crippen LogP contribution in [0.15, 0.2) is 46.7 Å². The molecule has 0 atom stereocenters. The molecule has 0 nitrogen and oxygen atoms in total. The molecule has 0 aliphatic heterocycles. The summed E-state index contributed by atoms with van der Waals surface area (Å²) in [6.07, 6.45) is 0. The van der Waals surface area contributed by atoms with Crippen LogP contribution in [0.2, 0.25) is 14.8 Å². The summed E-state index contributed by atoms with van der Waals surface area (Å²) in [5, 5.41) is 2.25. The molecule has 0 radical (unpaired) electrons. The molecule has 0 aliphatic carbocycles. The van der Waals surface area contributed by atoms with E-state index in [0.29, 0.717) is 0 Å². The molecule has 0 N–H and O–H groups in total. The average Bonchev–Trinajstić information content (AvgIpc) is 2.75. The van der Waals surface area contributed by atoms with Gasteiger partial charge in [-0.15, -0.1) is 0 Å². The van der Waals surface area contributed by atoms with Gasteiger partial charge >= 0.3 is 117 Å². The molecule has 0 spiro atoms. The number of rotatable bonds is 4. The summed E-state index contributed by atoms with van der Waals surface area (Å²) < 4.78 is 1.71. The Labute approximate surface area is 116 Å². The van der Waals surface area contributed by atoms with Crippen molar-refractivity contribution in [3.63, 3.8) is 0 Å². The summed E-state index contributed by atoms with van der Waals surface area (Å²) >= 11 is 2.07. The number of benzene rings is 1. The second kappa shape index (κ2) is 5.81.